The van der Waals surface area contributed by atoms with E-state index in [0.29, 0.717) is 12.1 Å². The summed E-state index contributed by atoms with van der Waals surface area (Å²) >= 11 is 0. The average Bonchev–Trinajstić information content (AvgIpc) is 2.32. The molecule has 1 aliphatic rings. The van der Waals surface area contributed by atoms with Crippen molar-refractivity contribution >= 4 is 5.91 Å². The van der Waals surface area contributed by atoms with Crippen LogP contribution in [0.1, 0.15) is 22.8 Å². The van der Waals surface area contributed by atoms with Gasteiger partial charge in [-0.25, -0.2) is 0 Å². The molecule has 0 radical (unpaired) electrons. The molecule has 17 heavy (non-hydrogen) atoms. The number of piperazine rings is 1. The Labute approximate surface area is 101 Å². The molecule has 2 rings (SSSR count). The second kappa shape index (κ2) is 4.75. The predicted octanol–water partition coefficient (Wildman–Crippen LogP) is 1.13. The number of phenols is 1. The van der Waals surface area contributed by atoms with Crippen LogP contribution in [0.3, 0.4) is 0 Å². The fraction of sp³-hybridized carbons (Fsp3) is 0.462. The highest BCUT2D eigenvalue weighted by molar-refractivity contribution is 5.97. The van der Waals surface area contributed by atoms with Crippen LogP contribution in [0.15, 0.2) is 18.2 Å². The highest BCUT2D eigenvalue weighted by Crippen LogP contribution is 2.21. The van der Waals surface area contributed by atoms with Crippen LogP contribution in [-0.2, 0) is 0 Å². The summed E-state index contributed by atoms with van der Waals surface area (Å²) in [5.74, 6) is -0.0217. The van der Waals surface area contributed by atoms with Gasteiger partial charge in [-0.05, 0) is 26.0 Å². The standard InChI is InChI=1S/C13H18N2O2/c1-9-3-4-12(16)11(7-9)13(17)15-6-5-14-8-10(15)2/h3-4,7,10,14,16H,5-6,8H2,1-2H3. The van der Waals surface area contributed by atoms with Gasteiger partial charge in [0, 0.05) is 25.7 Å². The zero-order chi connectivity index (χ0) is 12.4. The summed E-state index contributed by atoms with van der Waals surface area (Å²) in [6.45, 7) is 6.22. The molecule has 0 aliphatic carbocycles. The molecule has 1 aromatic carbocycles. The van der Waals surface area contributed by atoms with Gasteiger partial charge < -0.3 is 15.3 Å². The normalized spacial score (nSPS) is 20.4. The Morgan fingerprint density at radius 2 is 2.29 bits per heavy atom. The highest BCUT2D eigenvalue weighted by atomic mass is 16.3. The van der Waals surface area contributed by atoms with E-state index in [2.05, 4.69) is 5.32 Å². The van der Waals surface area contributed by atoms with Gasteiger partial charge in [-0.1, -0.05) is 11.6 Å². The van der Waals surface area contributed by atoms with Crippen LogP contribution in [0.4, 0.5) is 0 Å². The number of carbonyl (C=O) groups is 1. The first kappa shape index (κ1) is 11.9. The molecule has 2 N–H and O–H groups in total. The molecule has 4 heteroatoms. The summed E-state index contributed by atoms with van der Waals surface area (Å²) in [7, 11) is 0. The van der Waals surface area contributed by atoms with Gasteiger partial charge in [-0.15, -0.1) is 0 Å². The van der Waals surface area contributed by atoms with Gasteiger partial charge in [-0.2, -0.15) is 0 Å². The minimum absolute atomic E-state index is 0.0614. The van der Waals surface area contributed by atoms with Crippen LogP contribution < -0.4 is 5.32 Å². The maximum Gasteiger partial charge on any atom is 0.257 e. The number of phenolic OH excluding ortho intramolecular Hbond substituents is 1. The van der Waals surface area contributed by atoms with Crippen molar-refractivity contribution in [3.63, 3.8) is 0 Å². The fourth-order valence-electron chi connectivity index (χ4n) is 2.12. The van der Waals surface area contributed by atoms with Crippen molar-refractivity contribution in [2.75, 3.05) is 19.6 Å². The summed E-state index contributed by atoms with van der Waals surface area (Å²) < 4.78 is 0. The van der Waals surface area contributed by atoms with Crippen LogP contribution in [0, 0.1) is 6.92 Å². The van der Waals surface area contributed by atoms with Gasteiger partial charge in [0.2, 0.25) is 0 Å². The Hall–Kier alpha value is -1.55. The first-order valence-electron chi connectivity index (χ1n) is 5.91. The average molecular weight is 234 g/mol. The van der Waals surface area contributed by atoms with E-state index < -0.39 is 0 Å². The van der Waals surface area contributed by atoms with Crippen molar-refractivity contribution in [1.82, 2.24) is 10.2 Å². The number of rotatable bonds is 1. The summed E-state index contributed by atoms with van der Waals surface area (Å²) in [6.07, 6.45) is 0. The van der Waals surface area contributed by atoms with Crippen molar-refractivity contribution in [2.24, 2.45) is 0 Å². The lowest BCUT2D eigenvalue weighted by Gasteiger charge is -2.34. The molecule has 1 aromatic rings. The molecule has 1 heterocycles. The number of amides is 1. The van der Waals surface area contributed by atoms with Gasteiger partial charge in [0.15, 0.2) is 0 Å². The Morgan fingerprint density at radius 3 is 3.00 bits per heavy atom. The molecule has 1 amide bonds. The largest absolute Gasteiger partial charge is 0.507 e. The van der Waals surface area contributed by atoms with E-state index in [9.17, 15) is 9.90 Å². The zero-order valence-electron chi connectivity index (χ0n) is 10.2. The summed E-state index contributed by atoms with van der Waals surface area (Å²) in [5, 5.41) is 13.0. The van der Waals surface area contributed by atoms with Gasteiger partial charge in [0.25, 0.3) is 5.91 Å². The molecule has 92 valence electrons. The van der Waals surface area contributed by atoms with E-state index in [0.717, 1.165) is 18.7 Å². The zero-order valence-corrected chi connectivity index (χ0v) is 10.2. The molecule has 0 saturated carbocycles. The van der Waals surface area contributed by atoms with Gasteiger partial charge in [-0.3, -0.25) is 4.79 Å². The lowest BCUT2D eigenvalue weighted by molar-refractivity contribution is 0.0652. The Balaban J connectivity index is 2.26. The molecule has 4 nitrogen and oxygen atoms in total. The number of aryl methyl sites for hydroxylation is 1. The SMILES string of the molecule is Cc1ccc(O)c(C(=O)N2CCNCC2C)c1. The third-order valence-corrected chi connectivity index (χ3v) is 3.14. The molecular weight excluding hydrogens is 216 g/mol. The number of nitrogens with zero attached hydrogens (tertiary/aromatic N) is 1. The first-order chi connectivity index (χ1) is 8.09. The van der Waals surface area contributed by atoms with E-state index in [4.69, 9.17) is 0 Å². The van der Waals surface area contributed by atoms with Crippen LogP contribution in [0.2, 0.25) is 0 Å². The second-order valence-electron chi connectivity index (χ2n) is 4.57. The smallest absolute Gasteiger partial charge is 0.257 e. The Bertz CT molecular complexity index is 431. The van der Waals surface area contributed by atoms with Crippen molar-refractivity contribution < 1.29 is 9.90 Å². The molecule has 1 saturated heterocycles. The monoisotopic (exact) mass is 234 g/mol. The van der Waals surface area contributed by atoms with Gasteiger partial charge in [0.1, 0.15) is 5.75 Å². The van der Waals surface area contributed by atoms with Crippen LogP contribution in [-0.4, -0.2) is 41.6 Å². The number of aromatic hydroxyl groups is 1. The number of hydrogen-bond donors (Lipinski definition) is 2. The van der Waals surface area contributed by atoms with Crippen LogP contribution >= 0.6 is 0 Å². The van der Waals surface area contributed by atoms with E-state index >= 15 is 0 Å². The van der Waals surface area contributed by atoms with Gasteiger partial charge in [0.05, 0.1) is 5.56 Å². The van der Waals surface area contributed by atoms with Crippen LogP contribution in [0.5, 0.6) is 5.75 Å². The summed E-state index contributed by atoms with van der Waals surface area (Å²) in [4.78, 5) is 14.1. The number of carbonyl (C=O) groups excluding carboxylic acids is 1. The van der Waals surface area contributed by atoms with Crippen molar-refractivity contribution in [3.8, 4) is 5.75 Å². The Morgan fingerprint density at radius 1 is 1.53 bits per heavy atom. The quantitative estimate of drug-likeness (QED) is 0.766. The number of benzene rings is 1. The van der Waals surface area contributed by atoms with Gasteiger partial charge >= 0.3 is 0 Å². The second-order valence-corrected chi connectivity index (χ2v) is 4.57. The topological polar surface area (TPSA) is 52.6 Å². The summed E-state index contributed by atoms with van der Waals surface area (Å²) in [6, 6.07) is 5.28. The molecule has 0 bridgehead atoms. The lowest BCUT2D eigenvalue weighted by atomic mass is 10.1. The van der Waals surface area contributed by atoms with Crippen molar-refractivity contribution in [3.05, 3.63) is 29.3 Å². The number of nitrogens with one attached hydrogen (secondary N) is 1. The maximum atomic E-state index is 12.3. The van der Waals surface area contributed by atoms with Crippen LogP contribution in [0.25, 0.3) is 0 Å². The highest BCUT2D eigenvalue weighted by Gasteiger charge is 2.25. The van der Waals surface area contributed by atoms with E-state index in [1.165, 1.54) is 0 Å². The molecular formula is C13H18N2O2. The predicted molar refractivity (Wildman–Crippen MR) is 66.2 cm³/mol. The van der Waals surface area contributed by atoms with Crippen molar-refractivity contribution in [2.45, 2.75) is 19.9 Å². The summed E-state index contributed by atoms with van der Waals surface area (Å²) in [5.41, 5.74) is 1.38. The molecule has 1 aliphatic heterocycles. The fourth-order valence-corrected chi connectivity index (χ4v) is 2.12. The van der Waals surface area contributed by atoms with Crippen molar-refractivity contribution in [1.29, 1.82) is 0 Å². The maximum absolute atomic E-state index is 12.3. The lowest BCUT2D eigenvalue weighted by Crippen LogP contribution is -2.52. The third kappa shape index (κ3) is 2.42. The number of hydrogen-bond acceptors (Lipinski definition) is 3. The first-order valence-corrected chi connectivity index (χ1v) is 5.91. The van der Waals surface area contributed by atoms with E-state index in [1.807, 2.05) is 18.7 Å². The minimum Gasteiger partial charge on any atom is -0.507 e. The molecule has 1 atom stereocenters. The Kier molecular flexibility index (Phi) is 3.33. The minimum atomic E-state index is -0.0831. The molecule has 1 unspecified atom stereocenters. The molecule has 0 aromatic heterocycles. The third-order valence-electron chi connectivity index (χ3n) is 3.14. The molecule has 0 spiro atoms. The molecule has 1 fully saturated rings. The van der Waals surface area contributed by atoms with E-state index in [1.54, 1.807) is 18.2 Å². The van der Waals surface area contributed by atoms with E-state index in [-0.39, 0.29) is 17.7 Å².